The first-order valence-corrected chi connectivity index (χ1v) is 12.3. The van der Waals surface area contributed by atoms with Gasteiger partial charge in [0.15, 0.2) is 0 Å². The summed E-state index contributed by atoms with van der Waals surface area (Å²) < 4.78 is 5.50. The van der Waals surface area contributed by atoms with Crippen LogP contribution in [0.25, 0.3) is 21.8 Å². The summed E-state index contributed by atoms with van der Waals surface area (Å²) in [5.74, 6) is 1.11. The molecule has 8 rings (SSSR count). The maximum atomic E-state index is 14.6. The molecule has 4 aromatic rings. The van der Waals surface area contributed by atoms with Gasteiger partial charge in [-0.05, 0) is 48.6 Å². The number of piperidine rings is 1. The van der Waals surface area contributed by atoms with Gasteiger partial charge in [-0.25, -0.2) is 0 Å². The van der Waals surface area contributed by atoms with Crippen LogP contribution < -0.4 is 4.74 Å². The van der Waals surface area contributed by atoms with Crippen molar-refractivity contribution in [3.8, 4) is 5.75 Å². The Morgan fingerprint density at radius 3 is 2.50 bits per heavy atom. The Morgan fingerprint density at radius 1 is 0.912 bits per heavy atom. The van der Waals surface area contributed by atoms with Gasteiger partial charge in [0, 0.05) is 46.4 Å². The zero-order valence-electron chi connectivity index (χ0n) is 19.8. The van der Waals surface area contributed by atoms with Crippen molar-refractivity contribution in [2.45, 2.75) is 44.3 Å². The van der Waals surface area contributed by atoms with Crippen molar-refractivity contribution >= 4 is 27.7 Å². The Hall–Kier alpha value is -3.25. The molecule has 4 aliphatic rings. The van der Waals surface area contributed by atoms with E-state index < -0.39 is 11.2 Å². The van der Waals surface area contributed by atoms with Gasteiger partial charge in [-0.2, -0.15) is 0 Å². The van der Waals surface area contributed by atoms with Crippen molar-refractivity contribution in [2.24, 2.45) is 5.41 Å². The van der Waals surface area contributed by atoms with Crippen LogP contribution in [0.5, 0.6) is 5.75 Å². The summed E-state index contributed by atoms with van der Waals surface area (Å²) in [6.45, 7) is 6.22. The average molecular weight is 453 g/mol. The standard InChI is InChI=1S/C28H28N4O2/c1-26(2)15-27-23-19(18-9-8-16(34-3)14-22(18)30-23)10-12-31(27)25(33)28(26)24-20(11-13-32(27)28)17-6-4-5-7-21(17)29-24/h4-9,14,29-30H,10-13,15H2,1-3H3/t27-,28+/m1/s1. The minimum absolute atomic E-state index is 0.222. The van der Waals surface area contributed by atoms with Crippen molar-refractivity contribution in [3.63, 3.8) is 0 Å². The molecule has 1 amide bonds. The second kappa shape index (κ2) is 5.69. The second-order valence-corrected chi connectivity index (χ2v) is 11.1. The smallest absolute Gasteiger partial charge is 0.251 e. The summed E-state index contributed by atoms with van der Waals surface area (Å²) >= 11 is 0. The maximum absolute atomic E-state index is 14.6. The Morgan fingerprint density at radius 2 is 1.65 bits per heavy atom. The lowest BCUT2D eigenvalue weighted by atomic mass is 9.65. The van der Waals surface area contributed by atoms with E-state index in [1.165, 1.54) is 27.6 Å². The van der Waals surface area contributed by atoms with Gasteiger partial charge in [0.05, 0.1) is 18.5 Å². The number of methoxy groups -OCH3 is 1. The van der Waals surface area contributed by atoms with Crippen LogP contribution in [0.3, 0.4) is 0 Å². The molecule has 2 saturated heterocycles. The normalized spacial score (nSPS) is 28.8. The number of hydrogen-bond acceptors (Lipinski definition) is 3. The number of H-pyrrole nitrogens is 2. The summed E-state index contributed by atoms with van der Waals surface area (Å²) in [6, 6.07) is 14.8. The number of nitrogens with zero attached hydrogens (tertiary/aromatic N) is 2. The molecule has 0 unspecified atom stereocenters. The number of rotatable bonds is 1. The monoisotopic (exact) mass is 452 g/mol. The van der Waals surface area contributed by atoms with Crippen LogP contribution >= 0.6 is 0 Å². The van der Waals surface area contributed by atoms with E-state index in [9.17, 15) is 4.79 Å². The zero-order valence-corrected chi connectivity index (χ0v) is 19.8. The zero-order chi connectivity index (χ0) is 23.0. The SMILES string of the molecule is COc1ccc2c3c([nH]c2c1)[C@]12CC(C)(C)[C@@]4(C(=O)N1CC3)c1[nH]c3ccccc3c1CCN24. The van der Waals surface area contributed by atoms with E-state index in [1.807, 2.05) is 6.07 Å². The predicted molar refractivity (Wildman–Crippen MR) is 131 cm³/mol. The van der Waals surface area contributed by atoms with E-state index >= 15 is 0 Å². The number of aromatic nitrogens is 2. The molecule has 2 atom stereocenters. The molecule has 2 fully saturated rings. The van der Waals surface area contributed by atoms with Crippen molar-refractivity contribution in [2.75, 3.05) is 20.2 Å². The topological polar surface area (TPSA) is 64.4 Å². The van der Waals surface area contributed by atoms with Gasteiger partial charge in [0.1, 0.15) is 17.0 Å². The van der Waals surface area contributed by atoms with Gasteiger partial charge < -0.3 is 19.6 Å². The quantitative estimate of drug-likeness (QED) is 0.450. The van der Waals surface area contributed by atoms with Crippen molar-refractivity contribution in [3.05, 3.63) is 65.0 Å². The third-order valence-electron chi connectivity index (χ3n) is 9.38. The minimum Gasteiger partial charge on any atom is -0.497 e. The summed E-state index contributed by atoms with van der Waals surface area (Å²) in [4.78, 5) is 26.9. The lowest BCUT2D eigenvalue weighted by Crippen LogP contribution is -2.57. The minimum atomic E-state index is -0.670. The number of nitrogens with one attached hydrogen (secondary N) is 2. The van der Waals surface area contributed by atoms with Gasteiger partial charge in [-0.1, -0.05) is 32.0 Å². The molecular formula is C28H28N4O2. The van der Waals surface area contributed by atoms with E-state index in [2.05, 4.69) is 70.0 Å². The van der Waals surface area contributed by atoms with Gasteiger partial charge in [0.2, 0.25) is 0 Å². The molecule has 2 aromatic carbocycles. The van der Waals surface area contributed by atoms with E-state index in [-0.39, 0.29) is 11.3 Å². The molecule has 2 aromatic heterocycles. The molecule has 0 aliphatic carbocycles. The van der Waals surface area contributed by atoms with Gasteiger partial charge >= 0.3 is 0 Å². The van der Waals surface area contributed by atoms with Gasteiger partial charge in [0.25, 0.3) is 5.91 Å². The number of carbonyl (C=O) groups is 1. The molecule has 0 saturated carbocycles. The average Bonchev–Trinajstić information content (AvgIpc) is 3.51. The molecule has 6 nitrogen and oxygen atoms in total. The summed E-state index contributed by atoms with van der Waals surface area (Å²) in [5, 5.41) is 2.52. The lowest BCUT2D eigenvalue weighted by Gasteiger charge is -2.47. The van der Waals surface area contributed by atoms with Crippen LogP contribution in [-0.2, 0) is 28.8 Å². The Kier molecular flexibility index (Phi) is 3.20. The summed E-state index contributed by atoms with van der Waals surface area (Å²) in [6.07, 6.45) is 2.74. The van der Waals surface area contributed by atoms with Crippen LogP contribution in [0, 0.1) is 5.41 Å². The lowest BCUT2D eigenvalue weighted by molar-refractivity contribution is -0.146. The molecule has 172 valence electrons. The Labute approximate surface area is 197 Å². The third-order valence-corrected chi connectivity index (χ3v) is 9.38. The highest BCUT2D eigenvalue weighted by Gasteiger charge is 2.80. The molecular weight excluding hydrogens is 424 g/mol. The molecule has 2 N–H and O–H groups in total. The van der Waals surface area contributed by atoms with E-state index in [1.54, 1.807) is 7.11 Å². The molecule has 4 aliphatic heterocycles. The summed E-state index contributed by atoms with van der Waals surface area (Å²) in [5.41, 5.74) is 5.92. The van der Waals surface area contributed by atoms with Crippen LogP contribution in [0.4, 0.5) is 0 Å². The fourth-order valence-electron chi connectivity index (χ4n) is 8.25. The number of ether oxygens (including phenoxy) is 1. The van der Waals surface area contributed by atoms with Gasteiger partial charge in [-0.15, -0.1) is 0 Å². The van der Waals surface area contributed by atoms with Crippen molar-refractivity contribution in [1.29, 1.82) is 0 Å². The molecule has 2 bridgehead atoms. The highest BCUT2D eigenvalue weighted by Crippen LogP contribution is 2.71. The number of aromatic amines is 2. The number of carbonyl (C=O) groups excluding carboxylic acids is 1. The molecule has 6 heteroatoms. The number of hydrogen-bond donors (Lipinski definition) is 2. The van der Waals surface area contributed by atoms with E-state index in [0.717, 1.165) is 54.8 Å². The van der Waals surface area contributed by atoms with E-state index in [4.69, 9.17) is 4.74 Å². The Bertz CT molecular complexity index is 1560. The second-order valence-electron chi connectivity index (χ2n) is 11.1. The fourth-order valence-corrected chi connectivity index (χ4v) is 8.25. The molecule has 6 heterocycles. The van der Waals surface area contributed by atoms with Gasteiger partial charge in [-0.3, -0.25) is 9.69 Å². The highest BCUT2D eigenvalue weighted by molar-refractivity contribution is 5.98. The number of fused-ring (bicyclic) bond motifs is 6. The first-order chi connectivity index (χ1) is 16.4. The largest absolute Gasteiger partial charge is 0.497 e. The number of benzene rings is 2. The molecule has 1 spiro atoms. The van der Waals surface area contributed by atoms with Crippen molar-refractivity contribution in [1.82, 2.24) is 19.8 Å². The van der Waals surface area contributed by atoms with Crippen LogP contribution in [0.15, 0.2) is 42.5 Å². The Balaban J connectivity index is 1.44. The first-order valence-electron chi connectivity index (χ1n) is 12.3. The fraction of sp³-hybridized carbons (Fsp3) is 0.393. The van der Waals surface area contributed by atoms with E-state index in [0.29, 0.717) is 0 Å². The van der Waals surface area contributed by atoms with Crippen LogP contribution in [-0.4, -0.2) is 45.9 Å². The maximum Gasteiger partial charge on any atom is 0.251 e. The number of amides is 1. The molecule has 34 heavy (non-hydrogen) atoms. The molecule has 0 radical (unpaired) electrons. The summed E-state index contributed by atoms with van der Waals surface area (Å²) in [7, 11) is 1.71. The predicted octanol–water partition coefficient (Wildman–Crippen LogP) is 4.39. The highest BCUT2D eigenvalue weighted by atomic mass is 16.5. The van der Waals surface area contributed by atoms with Crippen LogP contribution in [0.2, 0.25) is 0 Å². The first kappa shape index (κ1) is 19.1. The third kappa shape index (κ3) is 1.77. The van der Waals surface area contributed by atoms with Crippen LogP contribution in [0.1, 0.15) is 42.8 Å². The van der Waals surface area contributed by atoms with Crippen molar-refractivity contribution < 1.29 is 9.53 Å². The number of para-hydroxylation sites is 1.